The smallest absolute Gasteiger partial charge is 0.489 e. The van der Waals surface area contributed by atoms with E-state index in [1.807, 2.05) is 54.5 Å². The molecule has 2 aliphatic heterocycles. The van der Waals surface area contributed by atoms with Crippen LogP contribution in [0.2, 0.25) is 0 Å². The van der Waals surface area contributed by atoms with Crippen molar-refractivity contribution >= 4 is 37.7 Å². The Balaban J connectivity index is 0.00000361. The first-order chi connectivity index (χ1) is 16.3. The third-order valence-electron chi connectivity index (χ3n) is 6.47. The summed E-state index contributed by atoms with van der Waals surface area (Å²) in [5.41, 5.74) is 0.0503. The van der Waals surface area contributed by atoms with Crippen LogP contribution in [0.25, 0.3) is 5.52 Å². The van der Waals surface area contributed by atoms with Gasteiger partial charge in [-0.25, -0.2) is 9.31 Å². The Labute approximate surface area is 219 Å². The lowest BCUT2D eigenvalue weighted by Gasteiger charge is -2.34. The summed E-state index contributed by atoms with van der Waals surface area (Å²) in [5, 5.41) is 13.9. The molecule has 0 spiro atoms. The van der Waals surface area contributed by atoms with Crippen LogP contribution in [0.1, 0.15) is 54.0 Å². The number of morpholine rings is 1. The van der Waals surface area contributed by atoms with Crippen LogP contribution in [0, 0.1) is 11.3 Å². The molecule has 0 aliphatic carbocycles. The van der Waals surface area contributed by atoms with E-state index in [1.165, 1.54) is 6.20 Å². The van der Waals surface area contributed by atoms with Crippen LogP contribution in [0.4, 0.5) is 4.79 Å². The number of amides is 1. The molecule has 0 unspecified atom stereocenters. The molecule has 1 atom stereocenters. The molecule has 4 heterocycles. The van der Waals surface area contributed by atoms with Crippen molar-refractivity contribution in [3.05, 3.63) is 24.0 Å². The second-order valence-electron chi connectivity index (χ2n) is 10.9. The second kappa shape index (κ2) is 10.1. The Hall–Kier alpha value is -2.46. The molecule has 196 valence electrons. The van der Waals surface area contributed by atoms with Crippen LogP contribution in [0.3, 0.4) is 0 Å². The van der Waals surface area contributed by atoms with E-state index >= 15 is 0 Å². The number of nitrogens with zero attached hydrogens (tertiary/aromatic N) is 4. The van der Waals surface area contributed by atoms with E-state index in [0.29, 0.717) is 42.0 Å². The number of aromatic nitrogens is 2. The van der Waals surface area contributed by atoms with Gasteiger partial charge in [-0.2, -0.15) is 23.9 Å². The minimum absolute atomic E-state index is 0. The molecule has 2 aromatic heterocycles. The van der Waals surface area contributed by atoms with E-state index < -0.39 is 23.9 Å². The topological polar surface area (TPSA) is 108 Å². The van der Waals surface area contributed by atoms with E-state index in [9.17, 15) is 10.1 Å². The van der Waals surface area contributed by atoms with E-state index in [0.717, 1.165) is 0 Å². The fraction of sp³-hybridized carbons (Fsp3) is 0.625. The first-order valence-corrected chi connectivity index (χ1v) is 11.8. The van der Waals surface area contributed by atoms with Crippen LogP contribution in [-0.2, 0) is 18.8 Å². The quantitative estimate of drug-likeness (QED) is 0.569. The Bertz CT molecular complexity index is 1140. The van der Waals surface area contributed by atoms with Gasteiger partial charge in [0.25, 0.3) is 0 Å². The highest BCUT2D eigenvalue weighted by Crippen LogP contribution is 2.37. The van der Waals surface area contributed by atoms with Crippen molar-refractivity contribution in [2.45, 2.75) is 71.4 Å². The molecular formula is C24H35BN4O6S. The summed E-state index contributed by atoms with van der Waals surface area (Å²) in [6, 6.07) is 4.00. The summed E-state index contributed by atoms with van der Waals surface area (Å²) < 4.78 is 31.5. The number of hydrogen-bond donors (Lipinski definition) is 0. The van der Waals surface area contributed by atoms with Crippen LogP contribution in [0.5, 0.6) is 5.75 Å². The average Bonchev–Trinajstić information content (AvgIpc) is 3.27. The molecule has 1 amide bonds. The molecule has 2 saturated heterocycles. The van der Waals surface area contributed by atoms with Gasteiger partial charge in [0.05, 0.1) is 47.8 Å². The van der Waals surface area contributed by atoms with Crippen molar-refractivity contribution in [2.75, 3.05) is 26.3 Å². The fourth-order valence-electron chi connectivity index (χ4n) is 3.94. The molecule has 2 fully saturated rings. The highest BCUT2D eigenvalue weighted by atomic mass is 32.1. The zero-order valence-corrected chi connectivity index (χ0v) is 23.0. The minimum Gasteiger partial charge on any atom is -0.489 e. The van der Waals surface area contributed by atoms with Crippen molar-refractivity contribution in [3.63, 3.8) is 0 Å². The van der Waals surface area contributed by atoms with Crippen molar-refractivity contribution in [1.29, 1.82) is 5.26 Å². The largest absolute Gasteiger partial charge is 0.497 e. The van der Waals surface area contributed by atoms with E-state index in [-0.39, 0.29) is 32.3 Å². The number of ether oxygens (including phenoxy) is 3. The molecule has 2 aromatic rings. The molecule has 0 bridgehead atoms. The average molecular weight is 518 g/mol. The standard InChI is InChI=1S/C24H33BN4O6.H2S/c1-22(2,3)33-21(30)28-8-9-31-18(13-28)15-32-17-10-19(20-16(11-26)12-27-29(20)14-17)25-34-23(4,5)24(6,7)35-25;/h10,12,14,18H,8-9,13,15H2,1-7H3;1H2/t18-;/m0./s1. The van der Waals surface area contributed by atoms with Gasteiger partial charge >= 0.3 is 13.2 Å². The molecule has 0 radical (unpaired) electrons. The summed E-state index contributed by atoms with van der Waals surface area (Å²) in [6.45, 7) is 14.9. The number of rotatable bonds is 4. The van der Waals surface area contributed by atoms with Crippen LogP contribution in [0.15, 0.2) is 18.5 Å². The molecule has 0 N–H and O–H groups in total. The fourth-order valence-corrected chi connectivity index (χ4v) is 3.94. The number of fused-ring (bicyclic) bond motifs is 1. The van der Waals surface area contributed by atoms with Gasteiger partial charge < -0.3 is 28.4 Å². The van der Waals surface area contributed by atoms with Crippen LogP contribution >= 0.6 is 13.5 Å². The summed E-state index contributed by atoms with van der Waals surface area (Å²) in [5.74, 6) is 0.521. The Morgan fingerprint density at radius 1 is 1.28 bits per heavy atom. The number of pyridine rings is 1. The maximum Gasteiger partial charge on any atom is 0.497 e. The molecule has 10 nitrogen and oxygen atoms in total. The molecule has 12 heteroatoms. The normalized spacial score (nSPS) is 21.1. The predicted octanol–water partition coefficient (Wildman–Crippen LogP) is 2.63. The van der Waals surface area contributed by atoms with Crippen LogP contribution in [-0.4, -0.2) is 76.9 Å². The van der Waals surface area contributed by atoms with Crippen molar-refractivity contribution in [1.82, 2.24) is 14.5 Å². The van der Waals surface area contributed by atoms with Crippen molar-refractivity contribution in [3.8, 4) is 11.8 Å². The van der Waals surface area contributed by atoms with Gasteiger partial charge in [0.15, 0.2) is 0 Å². The Morgan fingerprint density at radius 2 is 1.94 bits per heavy atom. The number of hydrogen-bond acceptors (Lipinski definition) is 8. The van der Waals surface area contributed by atoms with Gasteiger partial charge in [0.1, 0.15) is 30.1 Å². The third kappa shape index (κ3) is 5.75. The molecule has 0 aromatic carbocycles. The highest BCUT2D eigenvalue weighted by molar-refractivity contribution is 7.59. The van der Waals surface area contributed by atoms with E-state index in [4.69, 9.17) is 23.5 Å². The van der Waals surface area contributed by atoms with Gasteiger partial charge in [-0.15, -0.1) is 0 Å². The minimum atomic E-state index is -0.691. The zero-order chi connectivity index (χ0) is 25.6. The third-order valence-corrected chi connectivity index (χ3v) is 6.47. The van der Waals surface area contributed by atoms with Gasteiger partial charge in [0, 0.05) is 12.0 Å². The maximum atomic E-state index is 12.4. The molecule has 2 aliphatic rings. The molecule has 36 heavy (non-hydrogen) atoms. The predicted molar refractivity (Wildman–Crippen MR) is 139 cm³/mol. The summed E-state index contributed by atoms with van der Waals surface area (Å²) in [4.78, 5) is 14.1. The van der Waals surface area contributed by atoms with Crippen LogP contribution < -0.4 is 10.2 Å². The van der Waals surface area contributed by atoms with Gasteiger partial charge in [-0.05, 0) is 54.5 Å². The first-order valence-electron chi connectivity index (χ1n) is 11.8. The first kappa shape index (κ1) is 28.1. The monoisotopic (exact) mass is 518 g/mol. The van der Waals surface area contributed by atoms with E-state index in [1.54, 1.807) is 15.6 Å². The Kier molecular flexibility index (Phi) is 7.91. The maximum absolute atomic E-state index is 12.4. The van der Waals surface area contributed by atoms with Crippen molar-refractivity contribution < 1.29 is 28.3 Å². The highest BCUT2D eigenvalue weighted by Gasteiger charge is 2.52. The molecule has 4 rings (SSSR count). The summed E-state index contributed by atoms with van der Waals surface area (Å²) >= 11 is 0. The summed E-state index contributed by atoms with van der Waals surface area (Å²) in [6.07, 6.45) is 2.53. The lowest BCUT2D eigenvalue weighted by atomic mass is 9.78. The van der Waals surface area contributed by atoms with E-state index in [2.05, 4.69) is 11.2 Å². The molecular weight excluding hydrogens is 483 g/mol. The van der Waals surface area contributed by atoms with Gasteiger partial charge in [-0.1, -0.05) is 0 Å². The Morgan fingerprint density at radius 3 is 2.56 bits per heavy atom. The SMILES string of the molecule is CC(C)(C)OC(=O)N1CCO[C@H](COc2cc(B3OC(C)(C)C(C)(C)O3)c3c(C#N)cnn3c2)C1.S. The van der Waals surface area contributed by atoms with Gasteiger partial charge in [0.2, 0.25) is 0 Å². The lowest BCUT2D eigenvalue weighted by Crippen LogP contribution is -2.49. The van der Waals surface area contributed by atoms with Crippen molar-refractivity contribution in [2.24, 2.45) is 0 Å². The lowest BCUT2D eigenvalue weighted by molar-refractivity contribution is -0.0557. The summed E-state index contributed by atoms with van der Waals surface area (Å²) in [7, 11) is -0.691. The zero-order valence-electron chi connectivity index (χ0n) is 22.0. The number of nitriles is 1. The number of carbonyl (C=O) groups excluding carboxylic acids is 1. The van der Waals surface area contributed by atoms with Gasteiger partial charge in [-0.3, -0.25) is 0 Å². The second-order valence-corrected chi connectivity index (χ2v) is 10.9. The molecule has 0 saturated carbocycles. The number of carbonyl (C=O) groups is 1.